The fourth-order valence-electron chi connectivity index (χ4n) is 3.17. The maximum atomic E-state index is 11.5. The Morgan fingerprint density at radius 1 is 1.00 bits per heavy atom. The molecule has 4 nitrogen and oxygen atoms in total. The summed E-state index contributed by atoms with van der Waals surface area (Å²) in [6.07, 6.45) is 5.31. The molecule has 3 aromatic rings. The predicted octanol–water partition coefficient (Wildman–Crippen LogP) is 2.61. The van der Waals surface area contributed by atoms with Crippen LogP contribution in [0.25, 0.3) is 12.2 Å². The van der Waals surface area contributed by atoms with E-state index in [1.807, 2.05) is 54.6 Å². The van der Waals surface area contributed by atoms with Crippen molar-refractivity contribution in [3.05, 3.63) is 93.9 Å². The van der Waals surface area contributed by atoms with E-state index in [1.165, 1.54) is 0 Å². The van der Waals surface area contributed by atoms with Crippen molar-refractivity contribution in [2.24, 2.45) is 0 Å². The Morgan fingerprint density at radius 2 is 1.81 bits per heavy atom. The summed E-state index contributed by atoms with van der Waals surface area (Å²) in [6.45, 7) is 0.539. The Labute approximate surface area is 158 Å². The monoisotopic (exact) mass is 377 g/mol. The number of ether oxygens (including phenoxy) is 1. The minimum absolute atomic E-state index is 0.539. The molecule has 1 aliphatic rings. The maximum absolute atomic E-state index is 11.5. The smallest absolute Gasteiger partial charge is 0.229 e. The number of benzene rings is 3. The second kappa shape index (κ2) is 6.93. The lowest BCUT2D eigenvalue weighted by atomic mass is 10.1. The highest BCUT2D eigenvalue weighted by molar-refractivity contribution is 7.92. The third kappa shape index (κ3) is 4.04. The summed E-state index contributed by atoms with van der Waals surface area (Å²) >= 11 is 0. The molecule has 1 aliphatic heterocycles. The van der Waals surface area contributed by atoms with Crippen molar-refractivity contribution in [2.75, 3.05) is 11.0 Å². The minimum Gasteiger partial charge on any atom is -0.488 e. The van der Waals surface area contributed by atoms with E-state index in [4.69, 9.17) is 4.74 Å². The molecule has 0 amide bonds. The van der Waals surface area contributed by atoms with Gasteiger partial charge in [0, 0.05) is 10.9 Å². The van der Waals surface area contributed by atoms with Crippen LogP contribution < -0.4 is 19.9 Å². The molecule has 0 fully saturated rings. The van der Waals surface area contributed by atoms with Gasteiger partial charge in [-0.1, -0.05) is 48.5 Å². The second-order valence-electron chi connectivity index (χ2n) is 6.53. The van der Waals surface area contributed by atoms with Gasteiger partial charge >= 0.3 is 0 Å². The van der Waals surface area contributed by atoms with Crippen LogP contribution in [-0.4, -0.2) is 14.7 Å². The Morgan fingerprint density at radius 3 is 2.67 bits per heavy atom. The van der Waals surface area contributed by atoms with Gasteiger partial charge in [-0.15, -0.1) is 0 Å². The zero-order chi connectivity index (χ0) is 18.9. The number of rotatable bonds is 3. The molecule has 0 saturated heterocycles. The number of hydrogen-bond donors (Lipinski definition) is 1. The maximum Gasteiger partial charge on any atom is 0.229 e. The molecule has 0 bridgehead atoms. The van der Waals surface area contributed by atoms with Crippen molar-refractivity contribution in [3.63, 3.8) is 0 Å². The fourth-order valence-corrected chi connectivity index (χ4v) is 3.73. The predicted molar refractivity (Wildman–Crippen MR) is 109 cm³/mol. The van der Waals surface area contributed by atoms with Crippen molar-refractivity contribution < 1.29 is 13.2 Å². The first-order valence-electron chi connectivity index (χ1n) is 8.59. The van der Waals surface area contributed by atoms with Gasteiger partial charge in [-0.2, -0.15) is 0 Å². The second-order valence-corrected chi connectivity index (χ2v) is 8.28. The average molecular weight is 377 g/mol. The summed E-state index contributed by atoms with van der Waals surface area (Å²) in [5.41, 5.74) is 3.74. The molecule has 0 radical (unpaired) electrons. The SMILES string of the molecule is CS(=O)(=O)Nc1cccc(/C=c2\cccc3c2=Cc2ccccc2CO3)c1. The van der Waals surface area contributed by atoms with Crippen LogP contribution in [0, 0.1) is 0 Å². The topological polar surface area (TPSA) is 55.4 Å². The Hall–Kier alpha value is -3.05. The molecule has 0 aliphatic carbocycles. The Bertz CT molecular complexity index is 1230. The van der Waals surface area contributed by atoms with Gasteiger partial charge in [0.05, 0.1) is 6.26 Å². The molecule has 0 atom stereocenters. The highest BCUT2D eigenvalue weighted by Crippen LogP contribution is 2.17. The van der Waals surface area contributed by atoms with E-state index >= 15 is 0 Å². The highest BCUT2D eigenvalue weighted by Gasteiger charge is 2.08. The standard InChI is InChI=1S/C22H19NO3S/c1-27(24,25)23-20-10-4-6-16(13-20)12-18-9-5-11-22-21(18)14-17-7-2-3-8-19(17)15-26-22/h2-14,23H,15H2,1H3/b18-12+. The van der Waals surface area contributed by atoms with Crippen LogP contribution in [0.1, 0.15) is 16.7 Å². The molecular formula is C22H19NO3S. The van der Waals surface area contributed by atoms with Crippen molar-refractivity contribution in [1.82, 2.24) is 0 Å². The van der Waals surface area contributed by atoms with E-state index in [2.05, 4.69) is 22.9 Å². The van der Waals surface area contributed by atoms with Crippen LogP contribution in [0.5, 0.6) is 5.75 Å². The Kier molecular flexibility index (Phi) is 4.46. The van der Waals surface area contributed by atoms with Gasteiger partial charge in [0.25, 0.3) is 0 Å². The van der Waals surface area contributed by atoms with Crippen LogP contribution in [-0.2, 0) is 16.6 Å². The lowest BCUT2D eigenvalue weighted by Gasteiger charge is -2.06. The van der Waals surface area contributed by atoms with Gasteiger partial charge in [-0.05, 0) is 52.3 Å². The van der Waals surface area contributed by atoms with Crippen LogP contribution in [0.15, 0.2) is 66.7 Å². The highest BCUT2D eigenvalue weighted by atomic mass is 32.2. The minimum atomic E-state index is -3.31. The van der Waals surface area contributed by atoms with E-state index in [1.54, 1.807) is 6.07 Å². The average Bonchev–Trinajstić information content (AvgIpc) is 2.81. The van der Waals surface area contributed by atoms with Gasteiger partial charge in [0.1, 0.15) is 12.4 Å². The number of fused-ring (bicyclic) bond motifs is 2. The third-order valence-electron chi connectivity index (χ3n) is 4.35. The molecule has 136 valence electrons. The van der Waals surface area contributed by atoms with E-state index in [0.717, 1.165) is 39.1 Å². The number of nitrogens with one attached hydrogen (secondary N) is 1. The number of anilines is 1. The summed E-state index contributed by atoms with van der Waals surface area (Å²) in [7, 11) is -3.31. The molecule has 1 N–H and O–H groups in total. The molecule has 5 heteroatoms. The molecule has 27 heavy (non-hydrogen) atoms. The summed E-state index contributed by atoms with van der Waals surface area (Å²) in [6, 6.07) is 21.5. The van der Waals surface area contributed by atoms with Gasteiger partial charge in [-0.3, -0.25) is 4.72 Å². The van der Waals surface area contributed by atoms with E-state index in [9.17, 15) is 8.42 Å². The van der Waals surface area contributed by atoms with Crippen molar-refractivity contribution >= 4 is 27.9 Å². The summed E-state index contributed by atoms with van der Waals surface area (Å²) < 4.78 is 31.5. The lowest BCUT2D eigenvalue weighted by Crippen LogP contribution is -2.25. The quantitative estimate of drug-likeness (QED) is 0.763. The van der Waals surface area contributed by atoms with E-state index in [-0.39, 0.29) is 0 Å². The molecule has 4 rings (SSSR count). The Balaban J connectivity index is 1.86. The first-order chi connectivity index (χ1) is 13.0. The molecule has 0 saturated carbocycles. The van der Waals surface area contributed by atoms with Crippen molar-refractivity contribution in [3.8, 4) is 5.75 Å². The van der Waals surface area contributed by atoms with Gasteiger partial charge in [-0.25, -0.2) is 8.42 Å². The first-order valence-corrected chi connectivity index (χ1v) is 10.5. The first kappa shape index (κ1) is 17.4. The van der Waals surface area contributed by atoms with Crippen molar-refractivity contribution in [2.45, 2.75) is 6.61 Å². The number of hydrogen-bond acceptors (Lipinski definition) is 3. The molecule has 1 heterocycles. The molecule has 0 aromatic heterocycles. The van der Waals surface area contributed by atoms with Crippen LogP contribution in [0.3, 0.4) is 0 Å². The fraction of sp³-hybridized carbons (Fsp3) is 0.0909. The van der Waals surface area contributed by atoms with E-state index in [0.29, 0.717) is 12.3 Å². The largest absolute Gasteiger partial charge is 0.488 e. The van der Waals surface area contributed by atoms with Gasteiger partial charge < -0.3 is 4.74 Å². The zero-order valence-electron chi connectivity index (χ0n) is 14.8. The molecule has 0 spiro atoms. The normalized spacial score (nSPS) is 13.6. The van der Waals surface area contributed by atoms with Crippen LogP contribution in [0.2, 0.25) is 0 Å². The van der Waals surface area contributed by atoms with Gasteiger partial charge in [0.2, 0.25) is 10.0 Å². The lowest BCUT2D eigenvalue weighted by molar-refractivity contribution is 0.305. The third-order valence-corrected chi connectivity index (χ3v) is 4.96. The van der Waals surface area contributed by atoms with E-state index < -0.39 is 10.0 Å². The molecule has 0 unspecified atom stereocenters. The molecular weight excluding hydrogens is 358 g/mol. The number of sulfonamides is 1. The van der Waals surface area contributed by atoms with Crippen LogP contribution in [0.4, 0.5) is 5.69 Å². The van der Waals surface area contributed by atoms with Gasteiger partial charge in [0.15, 0.2) is 0 Å². The summed E-state index contributed by atoms with van der Waals surface area (Å²) in [5.74, 6) is 0.838. The summed E-state index contributed by atoms with van der Waals surface area (Å²) in [5, 5.41) is 2.03. The van der Waals surface area contributed by atoms with Crippen molar-refractivity contribution in [1.29, 1.82) is 0 Å². The van der Waals surface area contributed by atoms with Crippen LogP contribution >= 0.6 is 0 Å². The zero-order valence-corrected chi connectivity index (χ0v) is 15.7. The molecule has 3 aromatic carbocycles. The summed E-state index contributed by atoms with van der Waals surface area (Å²) in [4.78, 5) is 0.